The maximum Gasteiger partial charge on any atom is 0.110 e. The average molecular weight is 399 g/mol. The fourth-order valence-corrected chi connectivity index (χ4v) is 3.95. The summed E-state index contributed by atoms with van der Waals surface area (Å²) in [6.07, 6.45) is 0. The smallest absolute Gasteiger partial charge is 0.110 e. The molecule has 0 saturated carbocycles. The number of aliphatic imine (C=N–C) groups is 1. The van der Waals surface area contributed by atoms with Crippen molar-refractivity contribution < 1.29 is 0 Å². The van der Waals surface area contributed by atoms with Gasteiger partial charge in [-0.15, -0.1) is 0 Å². The number of hydrogen-bond acceptors (Lipinski definition) is 3. The van der Waals surface area contributed by atoms with Crippen molar-refractivity contribution >= 4 is 28.9 Å². The number of rotatable bonds is 3. The summed E-state index contributed by atoms with van der Waals surface area (Å²) in [5.41, 5.74) is 5.91. The third-order valence-corrected chi connectivity index (χ3v) is 5.22. The van der Waals surface area contributed by atoms with Crippen LogP contribution in [0.25, 0.3) is 5.69 Å². The van der Waals surface area contributed by atoms with Crippen LogP contribution in [0.2, 0.25) is 10.0 Å². The Balaban J connectivity index is 1.98. The Morgan fingerprint density at radius 1 is 1.07 bits per heavy atom. The van der Waals surface area contributed by atoms with Crippen LogP contribution in [0.3, 0.4) is 0 Å². The highest BCUT2D eigenvalue weighted by molar-refractivity contribution is 6.36. The van der Waals surface area contributed by atoms with Gasteiger partial charge in [-0.05, 0) is 45.3 Å². The first-order valence-corrected chi connectivity index (χ1v) is 9.52. The Labute approximate surface area is 169 Å². The van der Waals surface area contributed by atoms with Gasteiger partial charge in [-0.3, -0.25) is 9.56 Å². The second-order valence-corrected chi connectivity index (χ2v) is 7.78. The molecule has 0 N–H and O–H groups in total. The lowest BCUT2D eigenvalue weighted by molar-refractivity contribution is 0.395. The molecule has 27 heavy (non-hydrogen) atoms. The second kappa shape index (κ2) is 7.12. The largest absolute Gasteiger partial charge is 0.304 e. The molecule has 0 radical (unpaired) electrons. The van der Waals surface area contributed by atoms with Crippen LogP contribution in [-0.4, -0.2) is 34.3 Å². The third-order valence-electron chi connectivity index (χ3n) is 4.66. The zero-order valence-electron chi connectivity index (χ0n) is 15.5. The van der Waals surface area contributed by atoms with Gasteiger partial charge in [0.05, 0.1) is 29.3 Å². The summed E-state index contributed by atoms with van der Waals surface area (Å²) in [6, 6.07) is 13.7. The molecule has 0 bridgehead atoms. The molecule has 2 aromatic carbocycles. The molecule has 2 heterocycles. The van der Waals surface area contributed by atoms with Gasteiger partial charge in [0.1, 0.15) is 5.82 Å². The normalized spacial score (nSPS) is 13.2. The van der Waals surface area contributed by atoms with Crippen molar-refractivity contribution in [3.8, 4) is 5.69 Å². The third kappa shape index (κ3) is 3.29. The molecule has 4 rings (SSSR count). The minimum Gasteiger partial charge on any atom is -0.304 e. The molecule has 0 fully saturated rings. The van der Waals surface area contributed by atoms with Gasteiger partial charge < -0.3 is 4.90 Å². The fourth-order valence-electron chi connectivity index (χ4n) is 3.56. The number of benzene rings is 2. The van der Waals surface area contributed by atoms with Crippen LogP contribution in [0.15, 0.2) is 47.5 Å². The molecular formula is C21H20Cl2N4. The van der Waals surface area contributed by atoms with Crippen LogP contribution in [-0.2, 0) is 13.1 Å². The van der Waals surface area contributed by atoms with Crippen molar-refractivity contribution in [1.29, 1.82) is 0 Å². The SMILES string of the molecule is Cc1nc(CN(C)C)c2n1-c1ccc(Cl)cc1C(c1ccccc1Cl)=NC2. The summed E-state index contributed by atoms with van der Waals surface area (Å²) in [5.74, 6) is 0.945. The predicted molar refractivity (Wildman–Crippen MR) is 111 cm³/mol. The van der Waals surface area contributed by atoms with Crippen molar-refractivity contribution in [3.63, 3.8) is 0 Å². The number of aryl methyl sites for hydroxylation is 1. The summed E-state index contributed by atoms with van der Waals surface area (Å²) < 4.78 is 2.19. The second-order valence-electron chi connectivity index (χ2n) is 6.93. The van der Waals surface area contributed by atoms with E-state index in [0.29, 0.717) is 16.6 Å². The Hall–Kier alpha value is -2.14. The summed E-state index contributed by atoms with van der Waals surface area (Å²) in [5, 5.41) is 1.35. The van der Waals surface area contributed by atoms with Gasteiger partial charge in [0, 0.05) is 27.7 Å². The Kier molecular flexibility index (Phi) is 4.81. The van der Waals surface area contributed by atoms with Crippen molar-refractivity contribution in [3.05, 3.63) is 80.8 Å². The van der Waals surface area contributed by atoms with E-state index in [1.165, 1.54) is 0 Å². The van der Waals surface area contributed by atoms with Crippen molar-refractivity contribution in [2.45, 2.75) is 20.0 Å². The molecule has 1 aliphatic heterocycles. The van der Waals surface area contributed by atoms with Gasteiger partial charge in [-0.2, -0.15) is 0 Å². The van der Waals surface area contributed by atoms with Gasteiger partial charge in [-0.1, -0.05) is 41.4 Å². The minimum atomic E-state index is 0.539. The quantitative estimate of drug-likeness (QED) is 0.628. The van der Waals surface area contributed by atoms with Gasteiger partial charge in [0.2, 0.25) is 0 Å². The topological polar surface area (TPSA) is 33.4 Å². The lowest BCUT2D eigenvalue weighted by Crippen LogP contribution is -2.13. The lowest BCUT2D eigenvalue weighted by Gasteiger charge is -2.14. The van der Waals surface area contributed by atoms with Gasteiger partial charge in [0.25, 0.3) is 0 Å². The number of nitrogens with zero attached hydrogens (tertiary/aromatic N) is 4. The summed E-state index contributed by atoms with van der Waals surface area (Å²) >= 11 is 12.8. The van der Waals surface area contributed by atoms with Gasteiger partial charge >= 0.3 is 0 Å². The van der Waals surface area contributed by atoms with E-state index in [-0.39, 0.29) is 0 Å². The van der Waals surface area contributed by atoms with Gasteiger partial charge in [-0.25, -0.2) is 4.98 Å². The molecule has 4 nitrogen and oxygen atoms in total. The van der Waals surface area contributed by atoms with Crippen LogP contribution < -0.4 is 0 Å². The van der Waals surface area contributed by atoms with Crippen molar-refractivity contribution in [2.24, 2.45) is 4.99 Å². The summed E-state index contributed by atoms with van der Waals surface area (Å²) in [7, 11) is 4.09. The van der Waals surface area contributed by atoms with E-state index < -0.39 is 0 Å². The molecule has 3 aromatic rings. The van der Waals surface area contributed by atoms with E-state index >= 15 is 0 Å². The highest BCUT2D eigenvalue weighted by Gasteiger charge is 2.24. The fraction of sp³-hybridized carbons (Fsp3) is 0.238. The monoisotopic (exact) mass is 398 g/mol. The van der Waals surface area contributed by atoms with Crippen LogP contribution in [0.4, 0.5) is 0 Å². The molecule has 0 aliphatic carbocycles. The molecule has 0 amide bonds. The lowest BCUT2D eigenvalue weighted by atomic mass is 10.0. The molecule has 0 atom stereocenters. The van der Waals surface area contributed by atoms with E-state index in [0.717, 1.165) is 46.3 Å². The number of halogens is 2. The molecule has 0 unspecified atom stereocenters. The maximum absolute atomic E-state index is 6.49. The van der Waals surface area contributed by atoms with Crippen LogP contribution >= 0.6 is 23.2 Å². The number of fused-ring (bicyclic) bond motifs is 3. The molecule has 0 saturated heterocycles. The highest BCUT2D eigenvalue weighted by Crippen LogP contribution is 2.32. The van der Waals surface area contributed by atoms with Crippen LogP contribution in [0.1, 0.15) is 28.3 Å². The van der Waals surface area contributed by atoms with Gasteiger partial charge in [0.15, 0.2) is 0 Å². The minimum absolute atomic E-state index is 0.539. The molecule has 0 spiro atoms. The first kappa shape index (κ1) is 18.2. The predicted octanol–water partition coefficient (Wildman–Crippen LogP) is 4.90. The average Bonchev–Trinajstić information content (AvgIpc) is 2.82. The Morgan fingerprint density at radius 3 is 2.59 bits per heavy atom. The van der Waals surface area contributed by atoms with E-state index in [1.807, 2.05) is 63.5 Å². The molecule has 1 aromatic heterocycles. The number of imidazole rings is 1. The van der Waals surface area contributed by atoms with Crippen LogP contribution in [0.5, 0.6) is 0 Å². The summed E-state index contributed by atoms with van der Waals surface area (Å²) in [6.45, 7) is 3.33. The number of hydrogen-bond donors (Lipinski definition) is 0. The highest BCUT2D eigenvalue weighted by atomic mass is 35.5. The van der Waals surface area contributed by atoms with Crippen molar-refractivity contribution in [1.82, 2.24) is 14.5 Å². The van der Waals surface area contributed by atoms with Crippen LogP contribution in [0, 0.1) is 6.92 Å². The van der Waals surface area contributed by atoms with Crippen molar-refractivity contribution in [2.75, 3.05) is 14.1 Å². The maximum atomic E-state index is 6.49. The zero-order valence-corrected chi connectivity index (χ0v) is 17.0. The van der Waals surface area contributed by atoms with E-state index in [9.17, 15) is 0 Å². The standard InChI is InChI=1S/C21H20Cl2N4/c1-13-25-18(12-26(2)3)20-11-24-21(15-6-4-5-7-17(15)23)16-10-14(22)8-9-19(16)27(13)20/h4-10H,11-12H2,1-3H3. The molecule has 1 aliphatic rings. The molecule has 138 valence electrons. The Morgan fingerprint density at radius 2 is 1.85 bits per heavy atom. The summed E-state index contributed by atoms with van der Waals surface area (Å²) in [4.78, 5) is 11.9. The van der Waals surface area contributed by atoms with E-state index in [1.54, 1.807) is 0 Å². The zero-order chi connectivity index (χ0) is 19.1. The molecule has 6 heteroatoms. The van der Waals surface area contributed by atoms with E-state index in [2.05, 4.69) is 9.47 Å². The molecular weight excluding hydrogens is 379 g/mol. The first-order chi connectivity index (χ1) is 13.0. The Bertz CT molecular complexity index is 1050. The number of aromatic nitrogens is 2. The first-order valence-electron chi connectivity index (χ1n) is 8.77. The van der Waals surface area contributed by atoms with E-state index in [4.69, 9.17) is 33.2 Å².